The SMILES string of the molecule is CC(=O)Nc1ccc(NC(=O)/C(C#N)=C/c2cccc(C#N)c2)cc1. The van der Waals surface area contributed by atoms with Crippen LogP contribution in [0.25, 0.3) is 6.08 Å². The van der Waals surface area contributed by atoms with Gasteiger partial charge in [-0.3, -0.25) is 9.59 Å². The molecular formula is C19H14N4O2. The molecule has 0 aromatic heterocycles. The number of rotatable bonds is 4. The summed E-state index contributed by atoms with van der Waals surface area (Å²) in [7, 11) is 0. The molecule has 6 nitrogen and oxygen atoms in total. The van der Waals surface area contributed by atoms with E-state index in [-0.39, 0.29) is 11.5 Å². The van der Waals surface area contributed by atoms with E-state index in [0.29, 0.717) is 22.5 Å². The first-order valence-electron chi connectivity index (χ1n) is 7.33. The summed E-state index contributed by atoms with van der Waals surface area (Å²) < 4.78 is 0. The molecule has 0 fully saturated rings. The molecule has 2 aromatic carbocycles. The van der Waals surface area contributed by atoms with E-state index >= 15 is 0 Å². The van der Waals surface area contributed by atoms with Gasteiger partial charge in [-0.2, -0.15) is 10.5 Å². The highest BCUT2D eigenvalue weighted by Crippen LogP contribution is 2.15. The third kappa shape index (κ3) is 5.05. The highest BCUT2D eigenvalue weighted by atomic mass is 16.2. The standard InChI is InChI=1S/C19H14N4O2/c1-13(24)22-17-5-7-18(8-6-17)23-19(25)16(12-21)10-14-3-2-4-15(9-14)11-20/h2-10H,1H3,(H,22,24)(H,23,25)/b16-10+. The fourth-order valence-electron chi connectivity index (χ4n) is 2.05. The lowest BCUT2D eigenvalue weighted by Gasteiger charge is -2.06. The normalized spacial score (nSPS) is 10.3. The Balaban J connectivity index is 2.14. The first kappa shape index (κ1) is 17.5. The minimum Gasteiger partial charge on any atom is -0.326 e. The lowest BCUT2D eigenvalue weighted by atomic mass is 10.1. The topological polar surface area (TPSA) is 106 Å². The average molecular weight is 330 g/mol. The van der Waals surface area contributed by atoms with Crippen LogP contribution in [0.3, 0.4) is 0 Å². The van der Waals surface area contributed by atoms with Gasteiger partial charge in [-0.25, -0.2) is 0 Å². The Morgan fingerprint density at radius 1 is 1.00 bits per heavy atom. The third-order valence-corrected chi connectivity index (χ3v) is 3.15. The summed E-state index contributed by atoms with van der Waals surface area (Å²) in [6, 6.07) is 17.0. The number of amides is 2. The molecule has 25 heavy (non-hydrogen) atoms. The highest BCUT2D eigenvalue weighted by Gasteiger charge is 2.10. The van der Waals surface area contributed by atoms with Crippen LogP contribution in [0.4, 0.5) is 11.4 Å². The summed E-state index contributed by atoms with van der Waals surface area (Å²) in [6.07, 6.45) is 1.42. The second-order valence-corrected chi connectivity index (χ2v) is 5.12. The van der Waals surface area contributed by atoms with Crippen molar-refractivity contribution in [2.75, 3.05) is 10.6 Å². The number of nitriles is 2. The highest BCUT2D eigenvalue weighted by molar-refractivity contribution is 6.09. The number of benzene rings is 2. The van der Waals surface area contributed by atoms with Crippen molar-refractivity contribution in [1.82, 2.24) is 0 Å². The minimum absolute atomic E-state index is 0.0824. The molecule has 2 rings (SSSR count). The summed E-state index contributed by atoms with van der Waals surface area (Å²) in [5, 5.41) is 23.3. The Hall–Kier alpha value is -3.90. The van der Waals surface area contributed by atoms with E-state index in [1.54, 1.807) is 48.5 Å². The van der Waals surface area contributed by atoms with E-state index in [1.165, 1.54) is 13.0 Å². The molecule has 0 heterocycles. The first-order chi connectivity index (χ1) is 12.0. The lowest BCUT2D eigenvalue weighted by Crippen LogP contribution is -2.13. The fraction of sp³-hybridized carbons (Fsp3) is 0.0526. The number of anilines is 2. The molecule has 0 radical (unpaired) electrons. The Morgan fingerprint density at radius 2 is 1.64 bits per heavy atom. The van der Waals surface area contributed by atoms with Gasteiger partial charge in [0.1, 0.15) is 11.6 Å². The third-order valence-electron chi connectivity index (χ3n) is 3.15. The quantitative estimate of drug-likeness (QED) is 0.663. The number of carbonyl (C=O) groups excluding carboxylic acids is 2. The molecule has 0 aliphatic rings. The lowest BCUT2D eigenvalue weighted by molar-refractivity contribution is -0.114. The van der Waals surface area contributed by atoms with Gasteiger partial charge >= 0.3 is 0 Å². The van der Waals surface area contributed by atoms with Crippen molar-refractivity contribution in [2.45, 2.75) is 6.92 Å². The van der Waals surface area contributed by atoms with Crippen LogP contribution in [-0.4, -0.2) is 11.8 Å². The molecule has 0 bridgehead atoms. The largest absolute Gasteiger partial charge is 0.326 e. The fourth-order valence-corrected chi connectivity index (χ4v) is 2.05. The monoisotopic (exact) mass is 330 g/mol. The van der Waals surface area contributed by atoms with Gasteiger partial charge in [0.2, 0.25) is 5.91 Å². The van der Waals surface area contributed by atoms with Gasteiger partial charge in [0.05, 0.1) is 11.6 Å². The van der Waals surface area contributed by atoms with Crippen molar-refractivity contribution in [3.05, 3.63) is 65.2 Å². The van der Waals surface area contributed by atoms with Crippen LogP contribution in [0.1, 0.15) is 18.1 Å². The van der Waals surface area contributed by atoms with Crippen LogP contribution in [0, 0.1) is 22.7 Å². The van der Waals surface area contributed by atoms with Crippen molar-refractivity contribution in [3.8, 4) is 12.1 Å². The smallest absolute Gasteiger partial charge is 0.266 e. The molecule has 0 spiro atoms. The van der Waals surface area contributed by atoms with E-state index in [9.17, 15) is 14.9 Å². The van der Waals surface area contributed by atoms with Gasteiger partial charge in [0.25, 0.3) is 5.91 Å². The average Bonchev–Trinajstić information content (AvgIpc) is 2.61. The molecule has 2 amide bonds. The molecule has 0 saturated heterocycles. The van der Waals surface area contributed by atoms with Crippen LogP contribution in [0.5, 0.6) is 0 Å². The number of carbonyl (C=O) groups is 2. The summed E-state index contributed by atoms with van der Waals surface area (Å²) in [4.78, 5) is 23.2. The van der Waals surface area contributed by atoms with E-state index < -0.39 is 5.91 Å². The Bertz CT molecular complexity index is 916. The second kappa shape index (κ2) is 8.09. The Kier molecular flexibility index (Phi) is 5.65. The molecule has 0 aliphatic heterocycles. The molecule has 2 N–H and O–H groups in total. The predicted molar refractivity (Wildman–Crippen MR) is 94.1 cm³/mol. The van der Waals surface area contributed by atoms with Gasteiger partial charge in [0, 0.05) is 18.3 Å². The zero-order valence-electron chi connectivity index (χ0n) is 13.4. The maximum atomic E-state index is 12.2. The van der Waals surface area contributed by atoms with Crippen molar-refractivity contribution < 1.29 is 9.59 Å². The van der Waals surface area contributed by atoms with E-state index in [1.807, 2.05) is 12.1 Å². The van der Waals surface area contributed by atoms with Gasteiger partial charge in [-0.1, -0.05) is 12.1 Å². The Labute approximate surface area is 145 Å². The molecule has 6 heteroatoms. The zero-order valence-corrected chi connectivity index (χ0v) is 13.4. The minimum atomic E-state index is -0.558. The summed E-state index contributed by atoms with van der Waals surface area (Å²) in [5.41, 5.74) is 2.05. The molecule has 0 saturated carbocycles. The first-order valence-corrected chi connectivity index (χ1v) is 7.33. The van der Waals surface area contributed by atoms with Crippen LogP contribution in [0.2, 0.25) is 0 Å². The Morgan fingerprint density at radius 3 is 2.20 bits per heavy atom. The van der Waals surface area contributed by atoms with Gasteiger partial charge in [-0.15, -0.1) is 0 Å². The number of nitrogens with one attached hydrogen (secondary N) is 2. The number of hydrogen-bond acceptors (Lipinski definition) is 4. The maximum absolute atomic E-state index is 12.2. The van der Waals surface area contributed by atoms with E-state index in [2.05, 4.69) is 10.6 Å². The maximum Gasteiger partial charge on any atom is 0.266 e. The predicted octanol–water partition coefficient (Wildman–Crippen LogP) is 3.06. The molecular weight excluding hydrogens is 316 g/mol. The summed E-state index contributed by atoms with van der Waals surface area (Å²) >= 11 is 0. The number of nitrogens with zero attached hydrogens (tertiary/aromatic N) is 2. The van der Waals surface area contributed by atoms with Crippen LogP contribution in [0.15, 0.2) is 54.1 Å². The van der Waals surface area contributed by atoms with Crippen LogP contribution >= 0.6 is 0 Å². The van der Waals surface area contributed by atoms with Gasteiger partial charge in [-0.05, 0) is 48.0 Å². The molecule has 2 aromatic rings. The van der Waals surface area contributed by atoms with E-state index in [4.69, 9.17) is 5.26 Å². The van der Waals surface area contributed by atoms with Crippen molar-refractivity contribution in [2.24, 2.45) is 0 Å². The van der Waals surface area contributed by atoms with E-state index in [0.717, 1.165) is 0 Å². The molecule has 122 valence electrons. The van der Waals surface area contributed by atoms with Gasteiger partial charge < -0.3 is 10.6 Å². The summed E-state index contributed by atoms with van der Waals surface area (Å²) in [6.45, 7) is 1.40. The van der Waals surface area contributed by atoms with Crippen molar-refractivity contribution in [1.29, 1.82) is 10.5 Å². The number of hydrogen-bond donors (Lipinski definition) is 2. The molecule has 0 atom stereocenters. The van der Waals surface area contributed by atoms with Crippen LogP contribution < -0.4 is 10.6 Å². The molecule has 0 unspecified atom stereocenters. The second-order valence-electron chi connectivity index (χ2n) is 5.12. The van der Waals surface area contributed by atoms with Crippen molar-refractivity contribution in [3.63, 3.8) is 0 Å². The van der Waals surface area contributed by atoms with Crippen molar-refractivity contribution >= 4 is 29.3 Å². The van der Waals surface area contributed by atoms with Gasteiger partial charge in [0.15, 0.2) is 0 Å². The van der Waals surface area contributed by atoms with Crippen LogP contribution in [-0.2, 0) is 9.59 Å². The molecule has 0 aliphatic carbocycles. The summed E-state index contributed by atoms with van der Waals surface area (Å²) in [5.74, 6) is -0.747. The zero-order chi connectivity index (χ0) is 18.2.